The van der Waals surface area contributed by atoms with Gasteiger partial charge < -0.3 is 15.5 Å². The SMILES string of the molecule is O=C1CCC(C(=O)N(Cc2ccccc2)C(Cc2ccccc2)C(=O)C(=O)NCc2ccncc2)N1. The summed E-state index contributed by atoms with van der Waals surface area (Å²) in [6.07, 6.45) is 3.99. The van der Waals surface area contributed by atoms with E-state index in [0.29, 0.717) is 6.42 Å². The Kier molecular flexibility index (Phi) is 8.18. The molecule has 8 heteroatoms. The number of hydrogen-bond donors (Lipinski definition) is 2. The molecule has 0 spiro atoms. The van der Waals surface area contributed by atoms with Crippen LogP contribution in [0.3, 0.4) is 0 Å². The van der Waals surface area contributed by atoms with Crippen molar-refractivity contribution < 1.29 is 19.2 Å². The van der Waals surface area contributed by atoms with Crippen LogP contribution in [0.15, 0.2) is 85.2 Å². The maximum absolute atomic E-state index is 13.7. The van der Waals surface area contributed by atoms with Gasteiger partial charge in [-0.1, -0.05) is 60.7 Å². The average molecular weight is 485 g/mol. The summed E-state index contributed by atoms with van der Waals surface area (Å²) in [6, 6.07) is 20.3. The number of carbonyl (C=O) groups excluding carboxylic acids is 4. The number of benzene rings is 2. The van der Waals surface area contributed by atoms with Crippen LogP contribution in [0.25, 0.3) is 0 Å². The van der Waals surface area contributed by atoms with Gasteiger partial charge in [0.25, 0.3) is 5.91 Å². The third-order valence-corrected chi connectivity index (χ3v) is 6.15. The summed E-state index contributed by atoms with van der Waals surface area (Å²) >= 11 is 0. The highest BCUT2D eigenvalue weighted by molar-refractivity contribution is 6.38. The molecular formula is C28H28N4O4. The van der Waals surface area contributed by atoms with Gasteiger partial charge in [0.1, 0.15) is 12.1 Å². The fraction of sp³-hybridized carbons (Fsp3) is 0.250. The first kappa shape index (κ1) is 24.8. The van der Waals surface area contributed by atoms with Gasteiger partial charge in [0.05, 0.1) is 0 Å². The molecule has 1 aliphatic rings. The summed E-state index contributed by atoms with van der Waals surface area (Å²) in [5.74, 6) is -2.05. The van der Waals surface area contributed by atoms with Crippen LogP contribution >= 0.6 is 0 Å². The number of hydrogen-bond acceptors (Lipinski definition) is 5. The molecule has 1 aliphatic heterocycles. The maximum atomic E-state index is 13.7. The Labute approximate surface area is 209 Å². The normalized spacial score (nSPS) is 15.6. The zero-order chi connectivity index (χ0) is 25.3. The van der Waals surface area contributed by atoms with E-state index in [1.807, 2.05) is 60.7 Å². The molecule has 184 valence electrons. The molecule has 2 N–H and O–H groups in total. The summed E-state index contributed by atoms with van der Waals surface area (Å²) in [7, 11) is 0. The van der Waals surface area contributed by atoms with Gasteiger partial charge in [-0.3, -0.25) is 24.2 Å². The van der Waals surface area contributed by atoms with Crippen molar-refractivity contribution in [2.45, 2.75) is 44.4 Å². The first-order valence-electron chi connectivity index (χ1n) is 11.9. The first-order chi connectivity index (χ1) is 17.5. The summed E-state index contributed by atoms with van der Waals surface area (Å²) in [4.78, 5) is 57.5. The van der Waals surface area contributed by atoms with Gasteiger partial charge >= 0.3 is 0 Å². The molecule has 3 amide bonds. The zero-order valence-electron chi connectivity index (χ0n) is 19.8. The van der Waals surface area contributed by atoms with Crippen molar-refractivity contribution in [2.24, 2.45) is 0 Å². The van der Waals surface area contributed by atoms with E-state index >= 15 is 0 Å². The van der Waals surface area contributed by atoms with E-state index in [4.69, 9.17) is 0 Å². The van der Waals surface area contributed by atoms with E-state index in [-0.39, 0.29) is 37.7 Å². The van der Waals surface area contributed by atoms with Gasteiger partial charge in [0, 0.05) is 38.3 Å². The van der Waals surface area contributed by atoms with Crippen LogP contribution < -0.4 is 10.6 Å². The average Bonchev–Trinajstić information content (AvgIpc) is 3.36. The van der Waals surface area contributed by atoms with E-state index in [2.05, 4.69) is 15.6 Å². The van der Waals surface area contributed by atoms with Crippen molar-refractivity contribution >= 4 is 23.5 Å². The van der Waals surface area contributed by atoms with Gasteiger partial charge in [-0.25, -0.2) is 0 Å². The number of nitrogens with zero attached hydrogens (tertiary/aromatic N) is 2. The summed E-state index contributed by atoms with van der Waals surface area (Å²) in [5.41, 5.74) is 2.44. The minimum absolute atomic E-state index is 0.132. The molecule has 1 saturated heterocycles. The van der Waals surface area contributed by atoms with Crippen LogP contribution in [-0.2, 0) is 38.7 Å². The second-order valence-corrected chi connectivity index (χ2v) is 8.72. The molecule has 2 unspecified atom stereocenters. The minimum atomic E-state index is -1.05. The number of amides is 3. The highest BCUT2D eigenvalue weighted by atomic mass is 16.2. The fourth-order valence-corrected chi connectivity index (χ4v) is 4.22. The van der Waals surface area contributed by atoms with Crippen molar-refractivity contribution in [3.05, 3.63) is 102 Å². The number of Topliss-reactive ketones (excluding diaryl/α,β-unsaturated/α-hetero) is 1. The second kappa shape index (κ2) is 11.9. The molecule has 8 nitrogen and oxygen atoms in total. The molecule has 0 bridgehead atoms. The lowest BCUT2D eigenvalue weighted by molar-refractivity contribution is -0.147. The lowest BCUT2D eigenvalue weighted by Crippen LogP contribution is -2.54. The molecule has 1 aromatic heterocycles. The number of pyridine rings is 1. The Hall–Kier alpha value is -4.33. The quantitative estimate of drug-likeness (QED) is 0.429. The van der Waals surface area contributed by atoms with Crippen molar-refractivity contribution in [2.75, 3.05) is 0 Å². The zero-order valence-corrected chi connectivity index (χ0v) is 19.8. The Bertz CT molecular complexity index is 1200. The number of rotatable bonds is 10. The van der Waals surface area contributed by atoms with Gasteiger partial charge in [-0.2, -0.15) is 0 Å². The van der Waals surface area contributed by atoms with E-state index in [0.717, 1.165) is 16.7 Å². The standard InChI is InChI=1S/C28H28N4O4/c33-25-12-11-23(31-25)28(36)32(19-22-9-5-2-6-10-22)24(17-20-7-3-1-4-8-20)26(34)27(35)30-18-21-13-15-29-16-14-21/h1-10,13-16,23-24H,11-12,17-19H2,(H,30,35)(H,31,33). The lowest BCUT2D eigenvalue weighted by Gasteiger charge is -2.33. The summed E-state index contributed by atoms with van der Waals surface area (Å²) in [5, 5.41) is 5.38. The topological polar surface area (TPSA) is 108 Å². The van der Waals surface area contributed by atoms with Crippen molar-refractivity contribution in [1.82, 2.24) is 20.5 Å². The minimum Gasteiger partial charge on any atom is -0.345 e. The molecule has 1 fully saturated rings. The van der Waals surface area contributed by atoms with E-state index < -0.39 is 23.8 Å². The Morgan fingerprint density at radius 3 is 2.17 bits per heavy atom. The molecule has 2 aromatic carbocycles. The predicted molar refractivity (Wildman–Crippen MR) is 133 cm³/mol. The molecule has 0 radical (unpaired) electrons. The van der Waals surface area contributed by atoms with Crippen LogP contribution in [0.4, 0.5) is 0 Å². The van der Waals surface area contributed by atoms with Crippen molar-refractivity contribution in [3.8, 4) is 0 Å². The van der Waals surface area contributed by atoms with Crippen LogP contribution in [-0.4, -0.2) is 45.5 Å². The first-order valence-corrected chi connectivity index (χ1v) is 11.9. The second-order valence-electron chi connectivity index (χ2n) is 8.72. The maximum Gasteiger partial charge on any atom is 0.289 e. The van der Waals surface area contributed by atoms with E-state index in [9.17, 15) is 19.2 Å². The molecular weight excluding hydrogens is 456 g/mol. The van der Waals surface area contributed by atoms with Gasteiger partial charge in [0.15, 0.2) is 0 Å². The monoisotopic (exact) mass is 484 g/mol. The molecule has 36 heavy (non-hydrogen) atoms. The van der Waals surface area contributed by atoms with Gasteiger partial charge in [0.2, 0.25) is 17.6 Å². The predicted octanol–water partition coefficient (Wildman–Crippen LogP) is 2.19. The largest absolute Gasteiger partial charge is 0.345 e. The number of ketones is 1. The molecule has 4 rings (SSSR count). The van der Waals surface area contributed by atoms with E-state index in [1.54, 1.807) is 24.5 Å². The van der Waals surface area contributed by atoms with Crippen LogP contribution in [0.1, 0.15) is 29.5 Å². The van der Waals surface area contributed by atoms with Crippen LogP contribution in [0.2, 0.25) is 0 Å². The Morgan fingerprint density at radius 1 is 0.917 bits per heavy atom. The molecule has 2 heterocycles. The fourth-order valence-electron chi connectivity index (χ4n) is 4.22. The van der Waals surface area contributed by atoms with Crippen LogP contribution in [0.5, 0.6) is 0 Å². The number of carbonyl (C=O) groups is 4. The van der Waals surface area contributed by atoms with Crippen LogP contribution in [0, 0.1) is 0 Å². The van der Waals surface area contributed by atoms with Gasteiger partial charge in [-0.05, 0) is 35.2 Å². The highest BCUT2D eigenvalue weighted by Crippen LogP contribution is 2.19. The molecule has 2 atom stereocenters. The third-order valence-electron chi connectivity index (χ3n) is 6.15. The molecule has 0 aliphatic carbocycles. The summed E-state index contributed by atoms with van der Waals surface area (Å²) in [6.45, 7) is 0.295. The van der Waals surface area contributed by atoms with Gasteiger partial charge in [-0.15, -0.1) is 0 Å². The highest BCUT2D eigenvalue weighted by Gasteiger charge is 2.38. The number of aromatic nitrogens is 1. The Balaban J connectivity index is 1.63. The number of nitrogens with one attached hydrogen (secondary N) is 2. The van der Waals surface area contributed by atoms with E-state index in [1.165, 1.54) is 4.90 Å². The molecule has 3 aromatic rings. The lowest BCUT2D eigenvalue weighted by atomic mass is 9.98. The third kappa shape index (κ3) is 6.41. The summed E-state index contributed by atoms with van der Waals surface area (Å²) < 4.78 is 0. The molecule has 0 saturated carbocycles. The van der Waals surface area contributed by atoms with Crippen molar-refractivity contribution in [1.29, 1.82) is 0 Å². The Morgan fingerprint density at radius 2 is 1.56 bits per heavy atom. The smallest absolute Gasteiger partial charge is 0.289 e. The van der Waals surface area contributed by atoms with Crippen molar-refractivity contribution in [3.63, 3.8) is 0 Å².